The first-order chi connectivity index (χ1) is 7.79. The van der Waals surface area contributed by atoms with Gasteiger partial charge < -0.3 is 13.2 Å². The van der Waals surface area contributed by atoms with Crippen molar-refractivity contribution in [2.45, 2.75) is 51.9 Å². The van der Waals surface area contributed by atoms with Gasteiger partial charge in [-0.05, 0) is 5.92 Å². The SMILES string of the molecule is CC1CCCCCCC1.Nc1c[c-]ccc1.[CH3-].[Y]. The second-order valence-electron chi connectivity index (χ2n) is 4.79. The summed E-state index contributed by atoms with van der Waals surface area (Å²) in [6.45, 7) is 2.39. The zero-order valence-electron chi connectivity index (χ0n) is 12.0. The Kier molecular flexibility index (Phi) is 15.4. The van der Waals surface area contributed by atoms with Crippen LogP contribution in [0.4, 0.5) is 5.69 Å². The van der Waals surface area contributed by atoms with E-state index in [4.69, 9.17) is 5.73 Å². The van der Waals surface area contributed by atoms with Crippen molar-refractivity contribution in [1.82, 2.24) is 0 Å². The van der Waals surface area contributed by atoms with Crippen LogP contribution in [0.3, 0.4) is 0 Å². The normalized spacial score (nSPS) is 15.8. The van der Waals surface area contributed by atoms with E-state index in [9.17, 15) is 0 Å². The molecule has 1 aliphatic rings. The Hall–Kier alpha value is 0.124. The fraction of sp³-hybridized carbons (Fsp3) is 0.562. The monoisotopic (exact) mass is 322 g/mol. The number of benzene rings is 1. The molecule has 2 heteroatoms. The van der Waals surface area contributed by atoms with Crippen LogP contribution < -0.4 is 5.73 Å². The number of hydrogen-bond acceptors (Lipinski definition) is 1. The maximum Gasteiger partial charge on any atom is 0 e. The summed E-state index contributed by atoms with van der Waals surface area (Å²) in [6.07, 6.45) is 10.4. The maximum absolute atomic E-state index is 5.33. The van der Waals surface area contributed by atoms with Crippen LogP contribution in [0, 0.1) is 19.4 Å². The Morgan fingerprint density at radius 1 is 1.11 bits per heavy atom. The molecule has 101 valence electrons. The van der Waals surface area contributed by atoms with E-state index < -0.39 is 0 Å². The molecule has 18 heavy (non-hydrogen) atoms. The van der Waals surface area contributed by atoms with E-state index in [0.717, 1.165) is 11.6 Å². The third kappa shape index (κ3) is 11.2. The number of rotatable bonds is 0. The minimum absolute atomic E-state index is 0. The Bertz CT molecular complexity index is 253. The van der Waals surface area contributed by atoms with Gasteiger partial charge in [-0.15, -0.1) is 0 Å². The molecule has 0 aromatic heterocycles. The molecule has 1 aliphatic carbocycles. The molecule has 0 heterocycles. The second-order valence-corrected chi connectivity index (χ2v) is 4.79. The molecule has 2 N–H and O–H groups in total. The van der Waals surface area contributed by atoms with Gasteiger partial charge in [0, 0.05) is 32.7 Å². The summed E-state index contributed by atoms with van der Waals surface area (Å²) < 4.78 is 0. The van der Waals surface area contributed by atoms with Gasteiger partial charge in [-0.25, -0.2) is 0 Å². The molecule has 0 spiro atoms. The largest absolute Gasteiger partial charge is 0.449 e. The van der Waals surface area contributed by atoms with Crippen LogP contribution in [-0.2, 0) is 32.7 Å². The van der Waals surface area contributed by atoms with E-state index in [-0.39, 0.29) is 40.1 Å². The van der Waals surface area contributed by atoms with E-state index in [1.165, 1.54) is 44.9 Å². The van der Waals surface area contributed by atoms with Gasteiger partial charge in [-0.2, -0.15) is 30.3 Å². The molecule has 2 rings (SSSR count). The minimum atomic E-state index is 0. The average Bonchev–Trinajstić information content (AvgIpc) is 2.26. The Labute approximate surface area is 139 Å². The van der Waals surface area contributed by atoms with E-state index in [1.54, 1.807) is 6.07 Å². The van der Waals surface area contributed by atoms with Crippen LogP contribution in [0.2, 0.25) is 0 Å². The standard InChI is InChI=1S/C9H18.C6H6N.CH3.Y/c1-9-7-5-3-2-4-6-8-9;7-6-4-2-1-3-5-6;;/h9H,2-8H2,1H3;1-2,4-5H,7H2;1H3;/q;2*-1;. The minimum Gasteiger partial charge on any atom is -0.449 e. The Balaban J connectivity index is 0. The van der Waals surface area contributed by atoms with Gasteiger partial charge in [0.1, 0.15) is 0 Å². The molecule has 1 fully saturated rings. The molecule has 0 aliphatic heterocycles. The number of nitrogen functional groups attached to an aromatic ring is 1. The summed E-state index contributed by atoms with van der Waals surface area (Å²) in [4.78, 5) is 0. The van der Waals surface area contributed by atoms with Gasteiger partial charge >= 0.3 is 0 Å². The molecule has 0 amide bonds. The first-order valence-electron chi connectivity index (χ1n) is 6.50. The second kappa shape index (κ2) is 13.6. The van der Waals surface area contributed by atoms with Crippen molar-refractivity contribution in [2.75, 3.05) is 5.73 Å². The van der Waals surface area contributed by atoms with Gasteiger partial charge in [-0.1, -0.05) is 57.6 Å². The van der Waals surface area contributed by atoms with Crippen LogP contribution in [0.1, 0.15) is 51.9 Å². The molecule has 1 aromatic carbocycles. The molecule has 0 atom stereocenters. The van der Waals surface area contributed by atoms with Crippen molar-refractivity contribution in [3.05, 3.63) is 37.8 Å². The van der Waals surface area contributed by atoms with Crippen molar-refractivity contribution < 1.29 is 32.7 Å². The summed E-state index contributed by atoms with van der Waals surface area (Å²) in [5.74, 6) is 1.02. The Morgan fingerprint density at radius 2 is 1.67 bits per heavy atom. The summed E-state index contributed by atoms with van der Waals surface area (Å²) in [7, 11) is 0. The molecule has 1 aromatic rings. The topological polar surface area (TPSA) is 26.0 Å². The molecular formula is C16H27NY-2. The van der Waals surface area contributed by atoms with Crippen LogP contribution >= 0.6 is 0 Å². The van der Waals surface area contributed by atoms with Crippen molar-refractivity contribution in [3.8, 4) is 0 Å². The van der Waals surface area contributed by atoms with Crippen LogP contribution in [0.15, 0.2) is 24.3 Å². The van der Waals surface area contributed by atoms with Gasteiger partial charge in [0.25, 0.3) is 0 Å². The molecule has 1 nitrogen and oxygen atoms in total. The third-order valence-corrected chi connectivity index (χ3v) is 3.12. The van der Waals surface area contributed by atoms with E-state index >= 15 is 0 Å². The van der Waals surface area contributed by atoms with E-state index in [2.05, 4.69) is 13.0 Å². The van der Waals surface area contributed by atoms with Crippen LogP contribution in [-0.4, -0.2) is 0 Å². The van der Waals surface area contributed by atoms with Crippen molar-refractivity contribution in [2.24, 2.45) is 5.92 Å². The van der Waals surface area contributed by atoms with Gasteiger partial charge in [0.15, 0.2) is 0 Å². The van der Waals surface area contributed by atoms with Crippen molar-refractivity contribution >= 4 is 5.69 Å². The van der Waals surface area contributed by atoms with Crippen LogP contribution in [0.25, 0.3) is 0 Å². The predicted octanol–water partition coefficient (Wildman–Crippen LogP) is 4.88. The quantitative estimate of drug-likeness (QED) is 0.534. The Morgan fingerprint density at radius 3 is 2.06 bits per heavy atom. The first-order valence-corrected chi connectivity index (χ1v) is 6.50. The maximum atomic E-state index is 5.33. The molecule has 0 unspecified atom stereocenters. The number of hydrogen-bond donors (Lipinski definition) is 1. The van der Waals surface area contributed by atoms with Gasteiger partial charge in [0.05, 0.1) is 0 Å². The predicted molar refractivity (Wildman–Crippen MR) is 77.6 cm³/mol. The molecule has 1 radical (unpaired) electrons. The zero-order chi connectivity index (χ0) is 11.6. The van der Waals surface area contributed by atoms with Gasteiger partial charge in [-0.3, -0.25) is 0 Å². The smallest absolute Gasteiger partial charge is 0 e. The average molecular weight is 322 g/mol. The molecule has 0 saturated heterocycles. The summed E-state index contributed by atoms with van der Waals surface area (Å²) in [5, 5.41) is 0. The van der Waals surface area contributed by atoms with E-state index in [0.29, 0.717) is 0 Å². The van der Waals surface area contributed by atoms with Crippen LogP contribution in [0.5, 0.6) is 0 Å². The third-order valence-electron chi connectivity index (χ3n) is 3.12. The molecule has 1 saturated carbocycles. The number of anilines is 1. The fourth-order valence-electron chi connectivity index (χ4n) is 2.07. The van der Waals surface area contributed by atoms with Gasteiger partial charge in [0.2, 0.25) is 0 Å². The van der Waals surface area contributed by atoms with E-state index in [1.807, 2.05) is 18.2 Å². The number of nitrogens with two attached hydrogens (primary N) is 1. The zero-order valence-corrected chi connectivity index (χ0v) is 14.8. The molecule has 0 bridgehead atoms. The van der Waals surface area contributed by atoms with Crippen molar-refractivity contribution in [3.63, 3.8) is 0 Å². The fourth-order valence-corrected chi connectivity index (χ4v) is 2.07. The summed E-state index contributed by atoms with van der Waals surface area (Å²) in [5.41, 5.74) is 6.09. The molecular weight excluding hydrogens is 295 g/mol. The summed E-state index contributed by atoms with van der Waals surface area (Å²) in [6, 6.07) is 10.1. The first kappa shape index (κ1) is 20.4. The van der Waals surface area contributed by atoms with Crippen molar-refractivity contribution in [1.29, 1.82) is 0 Å². The summed E-state index contributed by atoms with van der Waals surface area (Å²) >= 11 is 0.